The number of unbranched alkanes of at least 4 members (excludes halogenated alkanes) is 2. The summed E-state index contributed by atoms with van der Waals surface area (Å²) in [7, 11) is -3.49. The molecule has 0 aromatic rings. The molecular weight excluding hydrogens is 280 g/mol. The molecule has 0 saturated carbocycles. The normalized spacial score (nSPS) is 11.8. The summed E-state index contributed by atoms with van der Waals surface area (Å²) in [6.07, 6.45) is 2.88. The van der Waals surface area contributed by atoms with E-state index in [9.17, 15) is 13.2 Å². The predicted octanol–water partition coefficient (Wildman–Crippen LogP) is 0.943. The van der Waals surface area contributed by atoms with Crippen molar-refractivity contribution in [1.82, 2.24) is 9.79 Å². The highest BCUT2D eigenvalue weighted by atomic mass is 35.5. The number of nitrogens with zero attached hydrogens (tertiary/aromatic N) is 1. The van der Waals surface area contributed by atoms with Gasteiger partial charge < -0.3 is 0 Å². The molecule has 108 valence electrons. The van der Waals surface area contributed by atoms with Gasteiger partial charge in [-0.3, -0.25) is 10.0 Å². The van der Waals surface area contributed by atoms with Crippen LogP contribution in [0.15, 0.2) is 0 Å². The molecule has 0 aliphatic heterocycles. The number of carbonyl (C=O) groups is 1. The maximum atomic E-state index is 11.9. The summed E-state index contributed by atoms with van der Waals surface area (Å²) in [5.41, 5.74) is 1.44. The van der Waals surface area contributed by atoms with Gasteiger partial charge in [0.1, 0.15) is 0 Å². The van der Waals surface area contributed by atoms with E-state index in [4.69, 9.17) is 16.8 Å². The Morgan fingerprint density at radius 3 is 2.50 bits per heavy atom. The summed E-state index contributed by atoms with van der Waals surface area (Å²) >= 11 is 5.47. The molecule has 0 fully saturated rings. The van der Waals surface area contributed by atoms with E-state index in [1.807, 2.05) is 6.92 Å². The van der Waals surface area contributed by atoms with Crippen LogP contribution in [0.5, 0.6) is 0 Å². The fourth-order valence-corrected chi connectivity index (χ4v) is 3.20. The number of carbonyl (C=O) groups excluding carboxylic acids is 1. The van der Waals surface area contributed by atoms with Gasteiger partial charge in [-0.1, -0.05) is 19.8 Å². The average Bonchev–Trinajstić information content (AvgIpc) is 2.35. The van der Waals surface area contributed by atoms with Crippen molar-refractivity contribution in [2.75, 3.05) is 24.7 Å². The number of hydrogen-bond acceptors (Lipinski definition) is 4. The standard InChI is InChI=1S/C10H21ClN2O4S/c1-2-3-4-7-13(9-10(14)12-15)18(16,17)8-5-6-11/h15H,2-9H2,1H3,(H,12,14). The fourth-order valence-electron chi connectivity index (χ4n) is 1.42. The van der Waals surface area contributed by atoms with Crippen molar-refractivity contribution in [1.29, 1.82) is 0 Å². The van der Waals surface area contributed by atoms with Gasteiger partial charge in [0.2, 0.25) is 10.0 Å². The predicted molar refractivity (Wildman–Crippen MR) is 70.2 cm³/mol. The summed E-state index contributed by atoms with van der Waals surface area (Å²) < 4.78 is 25.0. The maximum Gasteiger partial charge on any atom is 0.258 e. The van der Waals surface area contributed by atoms with Crippen molar-refractivity contribution in [2.24, 2.45) is 0 Å². The van der Waals surface area contributed by atoms with Crippen molar-refractivity contribution in [2.45, 2.75) is 32.6 Å². The Kier molecular flexibility index (Phi) is 9.35. The van der Waals surface area contributed by atoms with Crippen LogP contribution >= 0.6 is 11.6 Å². The van der Waals surface area contributed by atoms with Gasteiger partial charge in [0.05, 0.1) is 12.3 Å². The lowest BCUT2D eigenvalue weighted by atomic mass is 10.2. The zero-order valence-corrected chi connectivity index (χ0v) is 12.1. The molecule has 0 aliphatic rings. The van der Waals surface area contributed by atoms with Crippen LogP contribution in [0, 0.1) is 0 Å². The Labute approximate surface area is 113 Å². The van der Waals surface area contributed by atoms with Crippen LogP contribution in [0.4, 0.5) is 0 Å². The van der Waals surface area contributed by atoms with Gasteiger partial charge in [-0.25, -0.2) is 13.9 Å². The first-order chi connectivity index (χ1) is 8.47. The van der Waals surface area contributed by atoms with E-state index in [1.165, 1.54) is 5.48 Å². The summed E-state index contributed by atoms with van der Waals surface area (Å²) in [5, 5.41) is 8.45. The van der Waals surface area contributed by atoms with Gasteiger partial charge in [0.25, 0.3) is 5.91 Å². The zero-order chi connectivity index (χ0) is 14.0. The van der Waals surface area contributed by atoms with Crippen LogP contribution < -0.4 is 5.48 Å². The Hall–Kier alpha value is -0.370. The zero-order valence-electron chi connectivity index (χ0n) is 10.6. The second-order valence-corrected chi connectivity index (χ2v) is 6.40. The summed E-state index contributed by atoms with van der Waals surface area (Å²) in [6.45, 7) is 1.93. The number of hydrogen-bond donors (Lipinski definition) is 2. The summed E-state index contributed by atoms with van der Waals surface area (Å²) in [6, 6.07) is 0. The summed E-state index contributed by atoms with van der Waals surface area (Å²) in [4.78, 5) is 11.1. The highest BCUT2D eigenvalue weighted by molar-refractivity contribution is 7.89. The topological polar surface area (TPSA) is 86.7 Å². The second kappa shape index (κ2) is 9.55. The lowest BCUT2D eigenvalue weighted by molar-refractivity contribution is -0.129. The van der Waals surface area contributed by atoms with E-state index in [-0.39, 0.29) is 24.7 Å². The molecule has 0 bridgehead atoms. The van der Waals surface area contributed by atoms with Crippen LogP contribution in [0.2, 0.25) is 0 Å². The third-order valence-electron chi connectivity index (χ3n) is 2.39. The molecule has 0 aromatic heterocycles. The molecule has 18 heavy (non-hydrogen) atoms. The summed E-state index contributed by atoms with van der Waals surface area (Å²) in [5.74, 6) is -0.559. The van der Waals surface area contributed by atoms with Gasteiger partial charge >= 0.3 is 0 Å². The lowest BCUT2D eigenvalue weighted by Crippen LogP contribution is -2.41. The monoisotopic (exact) mass is 300 g/mol. The Morgan fingerprint density at radius 2 is 2.00 bits per heavy atom. The van der Waals surface area contributed by atoms with Gasteiger partial charge in [-0.05, 0) is 12.8 Å². The maximum absolute atomic E-state index is 11.9. The molecule has 0 radical (unpaired) electrons. The molecular formula is C10H21ClN2O4S. The van der Waals surface area contributed by atoms with E-state index in [0.29, 0.717) is 12.8 Å². The third kappa shape index (κ3) is 7.15. The van der Waals surface area contributed by atoms with Gasteiger partial charge in [0, 0.05) is 12.4 Å². The van der Waals surface area contributed by atoms with Crippen molar-refractivity contribution < 1.29 is 18.4 Å². The molecule has 1 amide bonds. The molecule has 0 rings (SSSR count). The van der Waals surface area contributed by atoms with Crippen LogP contribution in [-0.2, 0) is 14.8 Å². The van der Waals surface area contributed by atoms with Crippen LogP contribution in [0.25, 0.3) is 0 Å². The van der Waals surface area contributed by atoms with Crippen LogP contribution in [0.1, 0.15) is 32.6 Å². The molecule has 0 spiro atoms. The molecule has 2 N–H and O–H groups in total. The Morgan fingerprint density at radius 1 is 1.33 bits per heavy atom. The van der Waals surface area contributed by atoms with Gasteiger partial charge in [-0.2, -0.15) is 4.31 Å². The number of alkyl halides is 1. The molecule has 0 saturated heterocycles. The average molecular weight is 301 g/mol. The molecule has 0 heterocycles. The highest BCUT2D eigenvalue weighted by Crippen LogP contribution is 2.07. The van der Waals surface area contributed by atoms with Crippen LogP contribution in [-0.4, -0.2) is 48.6 Å². The quantitative estimate of drug-likeness (QED) is 0.272. The van der Waals surface area contributed by atoms with Crippen molar-refractivity contribution in [3.05, 3.63) is 0 Å². The van der Waals surface area contributed by atoms with Crippen LogP contribution in [0.3, 0.4) is 0 Å². The molecule has 0 aromatic carbocycles. The van der Waals surface area contributed by atoms with Gasteiger partial charge in [0.15, 0.2) is 0 Å². The molecule has 0 atom stereocenters. The van der Waals surface area contributed by atoms with E-state index < -0.39 is 15.9 Å². The lowest BCUT2D eigenvalue weighted by Gasteiger charge is -2.20. The Balaban J connectivity index is 4.56. The van der Waals surface area contributed by atoms with Gasteiger partial charge in [-0.15, -0.1) is 11.6 Å². The molecule has 0 aliphatic carbocycles. The molecule has 8 heteroatoms. The molecule has 6 nitrogen and oxygen atoms in total. The minimum Gasteiger partial charge on any atom is -0.289 e. The minimum atomic E-state index is -3.49. The first-order valence-electron chi connectivity index (χ1n) is 5.94. The number of nitrogens with one attached hydrogen (secondary N) is 1. The second-order valence-electron chi connectivity index (χ2n) is 3.93. The van der Waals surface area contributed by atoms with E-state index in [1.54, 1.807) is 0 Å². The van der Waals surface area contributed by atoms with Crippen molar-refractivity contribution in [3.63, 3.8) is 0 Å². The van der Waals surface area contributed by atoms with E-state index in [0.717, 1.165) is 17.1 Å². The SMILES string of the molecule is CCCCCN(CC(=O)NO)S(=O)(=O)CCCCl. The number of sulfonamides is 1. The third-order valence-corrected chi connectivity index (χ3v) is 4.56. The van der Waals surface area contributed by atoms with Crippen molar-refractivity contribution in [3.8, 4) is 0 Å². The number of amides is 1. The van der Waals surface area contributed by atoms with E-state index >= 15 is 0 Å². The van der Waals surface area contributed by atoms with E-state index in [2.05, 4.69) is 0 Å². The number of hydroxylamine groups is 1. The molecule has 0 unspecified atom stereocenters. The largest absolute Gasteiger partial charge is 0.289 e. The minimum absolute atomic E-state index is 0.0820. The highest BCUT2D eigenvalue weighted by Gasteiger charge is 2.23. The first-order valence-corrected chi connectivity index (χ1v) is 8.09. The Bertz CT molecular complexity index is 335. The van der Waals surface area contributed by atoms with Crippen molar-refractivity contribution >= 4 is 27.5 Å². The number of halogens is 1. The first kappa shape index (κ1) is 17.6. The fraction of sp³-hybridized carbons (Fsp3) is 0.900. The number of rotatable bonds is 10. The smallest absolute Gasteiger partial charge is 0.258 e.